The fourth-order valence-corrected chi connectivity index (χ4v) is 2.07. The Morgan fingerprint density at radius 3 is 3.09 bits per heavy atom. The molecule has 9 heteroatoms. The number of hydrogen-bond acceptors (Lipinski definition) is 4. The molecule has 0 aliphatic carbocycles. The number of ether oxygens (including phenoxy) is 2. The molecule has 0 radical (unpaired) electrons. The zero-order valence-electron chi connectivity index (χ0n) is 12.6. The Bertz CT molecular complexity index is 499. The van der Waals surface area contributed by atoms with E-state index < -0.39 is 13.0 Å². The van der Waals surface area contributed by atoms with Crippen molar-refractivity contribution in [2.45, 2.75) is 31.9 Å². The fraction of sp³-hybridized carbons (Fsp3) is 0.571. The maximum absolute atomic E-state index is 12.2. The minimum atomic E-state index is -2.54. The standard InChI is InChI=1S/C14H20F2N4O2.HI/c15-12(16)9-22-13-10(3-1-5-18-13)7-19-14(17)20-8-11-4-2-6-21-11;/h1,3,5,11-12H,2,4,6-9H2,(H3,17,19,20);1H. The van der Waals surface area contributed by atoms with E-state index in [1.54, 1.807) is 12.1 Å². The lowest BCUT2D eigenvalue weighted by atomic mass is 10.2. The highest BCUT2D eigenvalue weighted by molar-refractivity contribution is 14.0. The van der Waals surface area contributed by atoms with Crippen LogP contribution in [0.1, 0.15) is 18.4 Å². The van der Waals surface area contributed by atoms with E-state index in [-0.39, 0.29) is 48.5 Å². The highest BCUT2D eigenvalue weighted by atomic mass is 127. The molecule has 1 atom stereocenters. The van der Waals surface area contributed by atoms with Gasteiger partial charge in [-0.25, -0.2) is 18.8 Å². The molecule has 3 N–H and O–H groups in total. The summed E-state index contributed by atoms with van der Waals surface area (Å²) in [6.45, 7) is 0.901. The molecule has 1 aromatic heterocycles. The number of alkyl halides is 2. The van der Waals surface area contributed by atoms with E-state index in [0.29, 0.717) is 12.1 Å². The van der Waals surface area contributed by atoms with Gasteiger partial charge < -0.3 is 20.5 Å². The highest BCUT2D eigenvalue weighted by Crippen LogP contribution is 2.16. The van der Waals surface area contributed by atoms with Crippen LogP contribution < -0.4 is 15.8 Å². The quantitative estimate of drug-likeness (QED) is 0.383. The van der Waals surface area contributed by atoms with Crippen molar-refractivity contribution in [2.75, 3.05) is 19.8 Å². The van der Waals surface area contributed by atoms with Crippen LogP contribution in [0.15, 0.2) is 23.3 Å². The number of hydrogen-bond donors (Lipinski definition) is 2. The Hall–Kier alpha value is -1.23. The molecule has 0 amide bonds. The molecule has 0 bridgehead atoms. The summed E-state index contributed by atoms with van der Waals surface area (Å²) in [5.74, 6) is 0.428. The Labute approximate surface area is 150 Å². The van der Waals surface area contributed by atoms with E-state index >= 15 is 0 Å². The van der Waals surface area contributed by atoms with Gasteiger partial charge in [-0.05, 0) is 18.9 Å². The first-order chi connectivity index (χ1) is 10.6. The summed E-state index contributed by atoms with van der Waals surface area (Å²) in [5.41, 5.74) is 6.38. The summed E-state index contributed by atoms with van der Waals surface area (Å²) in [6, 6.07) is 3.40. The monoisotopic (exact) mass is 442 g/mol. The van der Waals surface area contributed by atoms with E-state index in [0.717, 1.165) is 19.4 Å². The lowest BCUT2D eigenvalue weighted by molar-refractivity contribution is 0.0791. The van der Waals surface area contributed by atoms with Crippen LogP contribution in [0, 0.1) is 0 Å². The highest BCUT2D eigenvalue weighted by Gasteiger charge is 2.15. The number of aliphatic imine (C=N–C) groups is 1. The molecule has 0 aromatic carbocycles. The third-order valence-electron chi connectivity index (χ3n) is 3.15. The Kier molecular flexibility index (Phi) is 9.07. The summed E-state index contributed by atoms with van der Waals surface area (Å²) in [5, 5.41) is 2.99. The number of aromatic nitrogens is 1. The minimum Gasteiger partial charge on any atom is -0.471 e. The van der Waals surface area contributed by atoms with Crippen LogP contribution in [-0.2, 0) is 11.3 Å². The average molecular weight is 442 g/mol. The molecule has 1 aliphatic rings. The van der Waals surface area contributed by atoms with Crippen LogP contribution in [0.2, 0.25) is 0 Å². The maximum atomic E-state index is 12.2. The van der Waals surface area contributed by atoms with Crippen LogP contribution in [0.25, 0.3) is 0 Å². The number of nitrogens with two attached hydrogens (primary N) is 1. The van der Waals surface area contributed by atoms with Crippen molar-refractivity contribution in [2.24, 2.45) is 10.7 Å². The molecular formula is C14H21F2IN4O2. The molecule has 130 valence electrons. The van der Waals surface area contributed by atoms with Crippen molar-refractivity contribution >= 4 is 29.9 Å². The number of nitrogens with zero attached hydrogens (tertiary/aromatic N) is 2. The van der Waals surface area contributed by atoms with E-state index in [9.17, 15) is 8.78 Å². The van der Waals surface area contributed by atoms with Gasteiger partial charge in [0.1, 0.15) is 0 Å². The molecule has 1 unspecified atom stereocenters. The molecule has 1 aromatic rings. The fourth-order valence-electron chi connectivity index (χ4n) is 2.07. The third kappa shape index (κ3) is 7.25. The molecule has 0 spiro atoms. The van der Waals surface area contributed by atoms with E-state index in [4.69, 9.17) is 15.2 Å². The van der Waals surface area contributed by atoms with E-state index in [2.05, 4.69) is 15.3 Å². The number of halogens is 3. The first-order valence-electron chi connectivity index (χ1n) is 7.15. The van der Waals surface area contributed by atoms with Gasteiger partial charge >= 0.3 is 0 Å². The Morgan fingerprint density at radius 2 is 2.39 bits per heavy atom. The van der Waals surface area contributed by atoms with Gasteiger partial charge in [-0.3, -0.25) is 0 Å². The second kappa shape index (κ2) is 10.5. The van der Waals surface area contributed by atoms with E-state index in [1.165, 1.54) is 6.20 Å². The largest absolute Gasteiger partial charge is 0.471 e. The number of rotatable bonds is 7. The van der Waals surface area contributed by atoms with Crippen LogP contribution in [-0.4, -0.2) is 43.2 Å². The van der Waals surface area contributed by atoms with Crippen LogP contribution in [0.4, 0.5) is 8.78 Å². The Morgan fingerprint density at radius 1 is 1.57 bits per heavy atom. The average Bonchev–Trinajstić information content (AvgIpc) is 3.03. The predicted molar refractivity (Wildman–Crippen MR) is 93.5 cm³/mol. The molecule has 1 aliphatic heterocycles. The molecule has 2 rings (SSSR count). The normalized spacial score (nSPS) is 17.9. The van der Waals surface area contributed by atoms with Gasteiger partial charge in [-0.15, -0.1) is 24.0 Å². The van der Waals surface area contributed by atoms with Crippen molar-refractivity contribution in [3.8, 4) is 5.88 Å². The van der Waals surface area contributed by atoms with Crippen molar-refractivity contribution in [1.29, 1.82) is 0 Å². The topological polar surface area (TPSA) is 81.8 Å². The van der Waals surface area contributed by atoms with Crippen molar-refractivity contribution in [3.63, 3.8) is 0 Å². The molecule has 6 nitrogen and oxygen atoms in total. The molecule has 0 saturated carbocycles. The van der Waals surface area contributed by atoms with Crippen LogP contribution >= 0.6 is 24.0 Å². The molecule has 1 fully saturated rings. The van der Waals surface area contributed by atoms with Gasteiger partial charge in [0, 0.05) is 24.9 Å². The van der Waals surface area contributed by atoms with E-state index in [1.807, 2.05) is 0 Å². The van der Waals surface area contributed by atoms with Gasteiger partial charge in [-0.2, -0.15) is 0 Å². The lowest BCUT2D eigenvalue weighted by Gasteiger charge is -2.11. The smallest absolute Gasteiger partial charge is 0.272 e. The first-order valence-corrected chi connectivity index (χ1v) is 7.15. The van der Waals surface area contributed by atoms with Crippen LogP contribution in [0.3, 0.4) is 0 Å². The number of nitrogens with one attached hydrogen (secondary N) is 1. The summed E-state index contributed by atoms with van der Waals surface area (Å²) in [6.07, 6.45) is 1.17. The molecular weight excluding hydrogens is 421 g/mol. The Balaban J connectivity index is 0.00000264. The summed E-state index contributed by atoms with van der Waals surface area (Å²) in [4.78, 5) is 8.09. The first kappa shape index (κ1) is 19.8. The van der Waals surface area contributed by atoms with Gasteiger partial charge in [-0.1, -0.05) is 6.07 Å². The zero-order valence-corrected chi connectivity index (χ0v) is 14.9. The second-order valence-electron chi connectivity index (χ2n) is 4.89. The van der Waals surface area contributed by atoms with Crippen molar-refractivity contribution in [1.82, 2.24) is 10.3 Å². The van der Waals surface area contributed by atoms with Crippen molar-refractivity contribution < 1.29 is 18.3 Å². The maximum Gasteiger partial charge on any atom is 0.272 e. The number of pyridine rings is 1. The van der Waals surface area contributed by atoms with Gasteiger partial charge in [0.2, 0.25) is 5.88 Å². The van der Waals surface area contributed by atoms with Crippen LogP contribution in [0.5, 0.6) is 5.88 Å². The molecule has 1 saturated heterocycles. The predicted octanol–water partition coefficient (Wildman–Crippen LogP) is 1.93. The van der Waals surface area contributed by atoms with Gasteiger partial charge in [0.25, 0.3) is 6.43 Å². The second-order valence-corrected chi connectivity index (χ2v) is 4.89. The van der Waals surface area contributed by atoms with Gasteiger partial charge in [0.05, 0.1) is 12.6 Å². The van der Waals surface area contributed by atoms with Crippen molar-refractivity contribution in [3.05, 3.63) is 23.9 Å². The van der Waals surface area contributed by atoms with Gasteiger partial charge in [0.15, 0.2) is 12.6 Å². The SMILES string of the molecule is I.NC(=NCc1cccnc1OCC(F)F)NCC1CCCO1. The summed E-state index contributed by atoms with van der Waals surface area (Å²) >= 11 is 0. The molecule has 23 heavy (non-hydrogen) atoms. The third-order valence-corrected chi connectivity index (χ3v) is 3.15. The number of guanidine groups is 1. The minimum absolute atomic E-state index is 0. The zero-order chi connectivity index (χ0) is 15.8. The summed E-state index contributed by atoms with van der Waals surface area (Å²) < 4.78 is 34.8. The lowest BCUT2D eigenvalue weighted by Crippen LogP contribution is -2.37. The summed E-state index contributed by atoms with van der Waals surface area (Å²) in [7, 11) is 0. The molecule has 2 heterocycles.